The maximum atomic E-state index is 12.7. The fourth-order valence-electron chi connectivity index (χ4n) is 3.56. The number of pyridine rings is 1. The Hall–Kier alpha value is -1.43. The van der Waals surface area contributed by atoms with Crippen molar-refractivity contribution in [2.75, 3.05) is 7.11 Å². The maximum absolute atomic E-state index is 12.7. The van der Waals surface area contributed by atoms with Crippen molar-refractivity contribution in [3.05, 3.63) is 24.0 Å². The fourth-order valence-corrected chi connectivity index (χ4v) is 6.09. The van der Waals surface area contributed by atoms with E-state index in [9.17, 15) is 13.2 Å². The number of sulfone groups is 1. The Kier molecular flexibility index (Phi) is 3.73. The zero-order valence-corrected chi connectivity index (χ0v) is 12.8. The number of carbonyl (C=O) groups is 1. The van der Waals surface area contributed by atoms with Crippen molar-refractivity contribution < 1.29 is 17.9 Å². The highest BCUT2D eigenvalue weighted by Crippen LogP contribution is 2.40. The molecule has 3 rings (SSSR count). The predicted octanol–water partition coefficient (Wildman–Crippen LogP) is 2.02. The number of ether oxygens (including phenoxy) is 1. The second-order valence-electron chi connectivity index (χ2n) is 5.85. The van der Waals surface area contributed by atoms with Gasteiger partial charge in [0.1, 0.15) is 11.4 Å². The summed E-state index contributed by atoms with van der Waals surface area (Å²) in [7, 11) is -1.53. The van der Waals surface area contributed by atoms with E-state index in [-0.39, 0.29) is 22.2 Å². The van der Waals surface area contributed by atoms with Crippen molar-refractivity contribution in [2.45, 2.75) is 42.6 Å². The van der Waals surface area contributed by atoms with E-state index < -0.39 is 9.84 Å². The number of methoxy groups -OCH3 is 1. The molecule has 5 nitrogen and oxygen atoms in total. The Balaban J connectivity index is 1.87. The van der Waals surface area contributed by atoms with Crippen LogP contribution in [0.25, 0.3) is 0 Å². The normalized spacial score (nSPS) is 30.6. The summed E-state index contributed by atoms with van der Waals surface area (Å²) in [5, 5.41) is -0.706. The molecule has 21 heavy (non-hydrogen) atoms. The van der Waals surface area contributed by atoms with Crippen LogP contribution in [-0.4, -0.2) is 36.8 Å². The van der Waals surface area contributed by atoms with Crippen LogP contribution >= 0.6 is 0 Å². The Morgan fingerprint density at radius 2 is 1.95 bits per heavy atom. The van der Waals surface area contributed by atoms with Gasteiger partial charge in [0.15, 0.2) is 15.6 Å². The molecular formula is C15H19NO4S. The molecule has 114 valence electrons. The van der Waals surface area contributed by atoms with E-state index in [2.05, 4.69) is 4.98 Å². The van der Waals surface area contributed by atoms with Gasteiger partial charge >= 0.3 is 0 Å². The van der Waals surface area contributed by atoms with Gasteiger partial charge in [-0.3, -0.25) is 4.79 Å². The van der Waals surface area contributed by atoms with Gasteiger partial charge in [0.25, 0.3) is 0 Å². The predicted molar refractivity (Wildman–Crippen MR) is 78.2 cm³/mol. The summed E-state index contributed by atoms with van der Waals surface area (Å²) in [6, 6.07) is 3.43. The van der Waals surface area contributed by atoms with Gasteiger partial charge in [0.05, 0.1) is 17.6 Å². The van der Waals surface area contributed by atoms with E-state index in [1.807, 2.05) is 0 Å². The van der Waals surface area contributed by atoms with Crippen molar-refractivity contribution in [3.8, 4) is 5.75 Å². The van der Waals surface area contributed by atoms with Gasteiger partial charge in [0.2, 0.25) is 0 Å². The van der Waals surface area contributed by atoms with E-state index in [0.717, 1.165) is 6.42 Å². The van der Waals surface area contributed by atoms with E-state index in [0.29, 0.717) is 37.1 Å². The SMILES string of the molecule is COc1cccnc1C(=O)C1CC2CCCC(C1)S2(=O)=O. The van der Waals surface area contributed by atoms with Gasteiger partial charge in [-0.2, -0.15) is 0 Å². The summed E-state index contributed by atoms with van der Waals surface area (Å²) >= 11 is 0. The first kappa shape index (κ1) is 14.5. The third-order valence-electron chi connectivity index (χ3n) is 4.67. The number of nitrogens with zero attached hydrogens (tertiary/aromatic N) is 1. The molecule has 2 unspecified atom stereocenters. The Morgan fingerprint density at radius 1 is 1.29 bits per heavy atom. The van der Waals surface area contributed by atoms with Gasteiger partial charge in [-0.15, -0.1) is 0 Å². The van der Waals surface area contributed by atoms with Gasteiger partial charge < -0.3 is 4.74 Å². The highest BCUT2D eigenvalue weighted by Gasteiger charge is 2.46. The standard InChI is InChI=1S/C15H19NO4S/c1-20-13-6-3-7-16-14(13)15(17)10-8-11-4-2-5-12(9-10)21(11,18)19/h3,6-7,10-12H,2,4-5,8-9H2,1H3. The van der Waals surface area contributed by atoms with Crippen LogP contribution in [0.2, 0.25) is 0 Å². The molecule has 2 fully saturated rings. The lowest BCUT2D eigenvalue weighted by Crippen LogP contribution is -2.45. The lowest BCUT2D eigenvalue weighted by molar-refractivity contribution is 0.0885. The highest BCUT2D eigenvalue weighted by molar-refractivity contribution is 7.92. The van der Waals surface area contributed by atoms with Crippen LogP contribution in [0, 0.1) is 5.92 Å². The van der Waals surface area contributed by atoms with Crippen LogP contribution in [0.15, 0.2) is 18.3 Å². The molecule has 2 aliphatic rings. The van der Waals surface area contributed by atoms with Crippen molar-refractivity contribution in [2.24, 2.45) is 5.92 Å². The molecule has 1 aromatic rings. The van der Waals surface area contributed by atoms with Crippen LogP contribution in [0.3, 0.4) is 0 Å². The van der Waals surface area contributed by atoms with E-state index in [1.54, 1.807) is 18.3 Å². The molecule has 0 spiro atoms. The molecule has 2 saturated heterocycles. The van der Waals surface area contributed by atoms with Crippen molar-refractivity contribution in [3.63, 3.8) is 0 Å². The van der Waals surface area contributed by atoms with Crippen molar-refractivity contribution >= 4 is 15.6 Å². The first-order valence-electron chi connectivity index (χ1n) is 7.30. The minimum absolute atomic E-state index is 0.0840. The number of aromatic nitrogens is 1. The number of carbonyl (C=O) groups excluding carboxylic acids is 1. The summed E-state index contributed by atoms with van der Waals surface area (Å²) in [6.45, 7) is 0. The second-order valence-corrected chi connectivity index (χ2v) is 8.36. The van der Waals surface area contributed by atoms with E-state index >= 15 is 0 Å². The molecule has 0 saturated carbocycles. The summed E-state index contributed by atoms with van der Waals surface area (Å²) < 4.78 is 29.7. The molecule has 0 aliphatic carbocycles. The van der Waals surface area contributed by atoms with Crippen LogP contribution in [0.1, 0.15) is 42.6 Å². The lowest BCUT2D eigenvalue weighted by atomic mass is 9.85. The average molecular weight is 309 g/mol. The minimum atomic E-state index is -3.03. The number of hydrogen-bond acceptors (Lipinski definition) is 5. The van der Waals surface area contributed by atoms with Gasteiger partial charge in [-0.25, -0.2) is 13.4 Å². The number of rotatable bonds is 3. The molecule has 0 N–H and O–H groups in total. The average Bonchev–Trinajstić information content (AvgIpc) is 2.45. The first-order valence-corrected chi connectivity index (χ1v) is 8.91. The molecule has 6 heteroatoms. The van der Waals surface area contributed by atoms with Crippen LogP contribution in [-0.2, 0) is 9.84 Å². The summed E-state index contributed by atoms with van der Waals surface area (Å²) in [5.74, 6) is 0.118. The summed E-state index contributed by atoms with van der Waals surface area (Å²) in [4.78, 5) is 16.8. The molecule has 2 atom stereocenters. The van der Waals surface area contributed by atoms with Crippen molar-refractivity contribution in [1.82, 2.24) is 4.98 Å². The molecular weight excluding hydrogens is 290 g/mol. The van der Waals surface area contributed by atoms with Gasteiger partial charge in [0, 0.05) is 12.1 Å². The molecule has 2 bridgehead atoms. The van der Waals surface area contributed by atoms with Crippen molar-refractivity contribution in [1.29, 1.82) is 0 Å². The van der Waals surface area contributed by atoms with E-state index in [4.69, 9.17) is 4.74 Å². The quantitative estimate of drug-likeness (QED) is 0.799. The molecule has 0 aromatic carbocycles. The summed E-state index contributed by atoms with van der Waals surface area (Å²) in [5.41, 5.74) is 0.322. The summed E-state index contributed by atoms with van der Waals surface area (Å²) in [6.07, 6.45) is 4.73. The third kappa shape index (κ3) is 2.46. The highest BCUT2D eigenvalue weighted by atomic mass is 32.2. The first-order chi connectivity index (χ1) is 10.0. The second kappa shape index (κ2) is 5.40. The number of ketones is 1. The third-order valence-corrected chi connectivity index (χ3v) is 7.39. The number of fused-ring (bicyclic) bond motifs is 2. The molecule has 2 aliphatic heterocycles. The molecule has 1 aromatic heterocycles. The fraction of sp³-hybridized carbons (Fsp3) is 0.600. The Labute approximate surface area is 124 Å². The monoisotopic (exact) mass is 309 g/mol. The van der Waals surface area contributed by atoms with E-state index in [1.165, 1.54) is 7.11 Å². The van der Waals surface area contributed by atoms with Gasteiger partial charge in [-0.1, -0.05) is 6.42 Å². The number of Topliss-reactive ketones (excluding diaryl/α,β-unsaturated/α-hetero) is 1. The van der Waals surface area contributed by atoms with Crippen LogP contribution in [0.5, 0.6) is 5.75 Å². The van der Waals surface area contributed by atoms with Crippen LogP contribution < -0.4 is 4.74 Å². The Bertz CT molecular complexity index is 635. The van der Waals surface area contributed by atoms with Crippen LogP contribution in [0.4, 0.5) is 0 Å². The Morgan fingerprint density at radius 3 is 2.57 bits per heavy atom. The lowest BCUT2D eigenvalue weighted by Gasteiger charge is -2.38. The number of hydrogen-bond donors (Lipinski definition) is 0. The maximum Gasteiger partial charge on any atom is 0.188 e. The molecule has 0 radical (unpaired) electrons. The smallest absolute Gasteiger partial charge is 0.188 e. The molecule has 0 amide bonds. The largest absolute Gasteiger partial charge is 0.494 e. The molecule has 3 heterocycles. The zero-order valence-electron chi connectivity index (χ0n) is 12.0. The minimum Gasteiger partial charge on any atom is -0.494 e. The van der Waals surface area contributed by atoms with Gasteiger partial charge in [-0.05, 0) is 37.8 Å². The zero-order chi connectivity index (χ0) is 15.0. The topological polar surface area (TPSA) is 73.3 Å².